The van der Waals surface area contributed by atoms with Crippen molar-refractivity contribution < 1.29 is 27.7 Å². The number of benzene rings is 3. The lowest BCUT2D eigenvalue weighted by atomic mass is 10.0. The van der Waals surface area contributed by atoms with E-state index in [9.17, 15) is 28.1 Å². The third-order valence-electron chi connectivity index (χ3n) is 6.27. The van der Waals surface area contributed by atoms with E-state index in [0.717, 1.165) is 26.7 Å². The first kappa shape index (κ1) is 32.5. The maximum atomic E-state index is 14.2. The summed E-state index contributed by atoms with van der Waals surface area (Å²) in [5, 5.41) is 14.4. The number of carbonyl (C=O) groups excluding carboxylic acids is 2. The molecule has 0 aromatic heterocycles. The maximum absolute atomic E-state index is 14.2. The second-order valence-electron chi connectivity index (χ2n) is 9.90. The number of nitro benzene ring substituents is 1. The summed E-state index contributed by atoms with van der Waals surface area (Å²) in [6, 6.07) is 18.6. The molecule has 0 spiro atoms. The van der Waals surface area contributed by atoms with Gasteiger partial charge in [-0.05, 0) is 43.2 Å². The summed E-state index contributed by atoms with van der Waals surface area (Å²) >= 11 is 3.43. The Morgan fingerprint density at radius 2 is 1.69 bits per heavy atom. The summed E-state index contributed by atoms with van der Waals surface area (Å²) in [5.41, 5.74) is 0.952. The Balaban J connectivity index is 2.13. The molecule has 0 aliphatic carbocycles. The van der Waals surface area contributed by atoms with Crippen molar-refractivity contribution in [1.82, 2.24) is 10.2 Å². The van der Waals surface area contributed by atoms with Gasteiger partial charge in [0.1, 0.15) is 24.0 Å². The molecule has 11 nitrogen and oxygen atoms in total. The molecular formula is C29H33BrN4O7S. The highest BCUT2D eigenvalue weighted by atomic mass is 79.9. The van der Waals surface area contributed by atoms with Crippen LogP contribution in [-0.2, 0) is 32.6 Å². The molecule has 0 bridgehead atoms. The van der Waals surface area contributed by atoms with Gasteiger partial charge in [0.15, 0.2) is 0 Å². The van der Waals surface area contributed by atoms with E-state index in [2.05, 4.69) is 21.2 Å². The Morgan fingerprint density at radius 3 is 2.26 bits per heavy atom. The molecule has 0 saturated carbocycles. The number of carbonyl (C=O) groups is 2. The number of hydrogen-bond donors (Lipinski definition) is 1. The SMILES string of the molecule is COc1ccc([N+](=O)[O-])cc1N(CC(=O)N(Cc1cccc(Br)c1)[C@@H](Cc1ccccc1)C(=O)NC(C)C)S(C)(=O)=O. The lowest BCUT2D eigenvalue weighted by Crippen LogP contribution is -2.54. The summed E-state index contributed by atoms with van der Waals surface area (Å²) in [7, 11) is -2.86. The first-order valence-corrected chi connectivity index (χ1v) is 15.6. The van der Waals surface area contributed by atoms with Crippen LogP contribution >= 0.6 is 15.9 Å². The standard InChI is InChI=1S/C29H33BrN4O7S/c1-20(2)31-29(36)26(16-21-9-6-5-7-10-21)32(18-22-11-8-12-23(30)15-22)28(35)19-33(42(4,39)40)25-17-24(34(37)38)13-14-27(25)41-3/h5-15,17,20,26H,16,18-19H2,1-4H3,(H,31,36)/t26-/m0/s1. The molecule has 1 N–H and O–H groups in total. The van der Waals surface area contributed by atoms with Crippen molar-refractivity contribution in [2.75, 3.05) is 24.2 Å². The predicted molar refractivity (Wildman–Crippen MR) is 164 cm³/mol. The summed E-state index contributed by atoms with van der Waals surface area (Å²) in [6.07, 6.45) is 1.06. The zero-order valence-corrected chi connectivity index (χ0v) is 26.1. The summed E-state index contributed by atoms with van der Waals surface area (Å²) in [5.74, 6) is -1.07. The van der Waals surface area contributed by atoms with Gasteiger partial charge in [0.25, 0.3) is 5.69 Å². The van der Waals surface area contributed by atoms with Crippen molar-refractivity contribution in [2.24, 2.45) is 0 Å². The van der Waals surface area contributed by atoms with E-state index >= 15 is 0 Å². The molecule has 2 amide bonds. The number of nitro groups is 1. The molecular weight excluding hydrogens is 628 g/mol. The minimum atomic E-state index is -4.15. The minimum absolute atomic E-state index is 0.00897. The summed E-state index contributed by atoms with van der Waals surface area (Å²) in [6.45, 7) is 2.87. The normalized spacial score (nSPS) is 12.0. The van der Waals surface area contributed by atoms with Gasteiger partial charge in [-0.15, -0.1) is 0 Å². The van der Waals surface area contributed by atoms with Gasteiger partial charge >= 0.3 is 0 Å². The number of non-ortho nitro benzene ring substituents is 1. The minimum Gasteiger partial charge on any atom is -0.495 e. The van der Waals surface area contributed by atoms with Crippen LogP contribution in [0.25, 0.3) is 0 Å². The number of nitrogens with one attached hydrogen (secondary N) is 1. The monoisotopic (exact) mass is 660 g/mol. The molecule has 224 valence electrons. The van der Waals surface area contributed by atoms with Crippen LogP contribution in [0.4, 0.5) is 11.4 Å². The lowest BCUT2D eigenvalue weighted by Gasteiger charge is -2.34. The largest absolute Gasteiger partial charge is 0.495 e. The molecule has 3 aromatic carbocycles. The van der Waals surface area contributed by atoms with Crippen LogP contribution in [0.2, 0.25) is 0 Å². The van der Waals surface area contributed by atoms with Crippen LogP contribution in [0.1, 0.15) is 25.0 Å². The molecule has 0 unspecified atom stereocenters. The van der Waals surface area contributed by atoms with Gasteiger partial charge in [0.05, 0.1) is 18.3 Å². The number of ether oxygens (including phenoxy) is 1. The fourth-order valence-corrected chi connectivity index (χ4v) is 5.64. The number of anilines is 1. The highest BCUT2D eigenvalue weighted by molar-refractivity contribution is 9.10. The Kier molecular flexibility index (Phi) is 11.1. The van der Waals surface area contributed by atoms with Crippen LogP contribution in [0, 0.1) is 10.1 Å². The maximum Gasteiger partial charge on any atom is 0.271 e. The van der Waals surface area contributed by atoms with Gasteiger partial charge in [-0.1, -0.05) is 58.4 Å². The molecule has 3 rings (SSSR count). The molecule has 1 atom stereocenters. The number of methoxy groups -OCH3 is 1. The number of halogens is 1. The third kappa shape index (κ3) is 8.76. The van der Waals surface area contributed by atoms with Crippen molar-refractivity contribution >= 4 is 49.1 Å². The number of rotatable bonds is 13. The smallest absolute Gasteiger partial charge is 0.271 e. The van der Waals surface area contributed by atoms with Crippen LogP contribution in [-0.4, -0.2) is 62.0 Å². The molecule has 0 aliphatic rings. The Hall–Kier alpha value is -3.97. The topological polar surface area (TPSA) is 139 Å². The van der Waals surface area contributed by atoms with Gasteiger partial charge in [0, 0.05) is 35.6 Å². The van der Waals surface area contributed by atoms with E-state index < -0.39 is 39.3 Å². The zero-order valence-electron chi connectivity index (χ0n) is 23.7. The van der Waals surface area contributed by atoms with Gasteiger partial charge in [-0.3, -0.25) is 24.0 Å². The van der Waals surface area contributed by atoms with Gasteiger partial charge < -0.3 is 15.0 Å². The first-order chi connectivity index (χ1) is 19.8. The Labute approximate surface area is 253 Å². The lowest BCUT2D eigenvalue weighted by molar-refractivity contribution is -0.384. The van der Waals surface area contributed by atoms with Crippen molar-refractivity contribution in [1.29, 1.82) is 0 Å². The van der Waals surface area contributed by atoms with Crippen LogP contribution in [0.5, 0.6) is 5.75 Å². The Morgan fingerprint density at radius 1 is 1.02 bits per heavy atom. The molecule has 0 saturated heterocycles. The predicted octanol–water partition coefficient (Wildman–Crippen LogP) is 4.30. The van der Waals surface area contributed by atoms with Crippen LogP contribution in [0.15, 0.2) is 77.3 Å². The molecule has 0 heterocycles. The van der Waals surface area contributed by atoms with Crippen molar-refractivity contribution in [3.05, 3.63) is 98.5 Å². The molecule has 13 heteroatoms. The van der Waals surface area contributed by atoms with Crippen LogP contribution < -0.4 is 14.4 Å². The quantitative estimate of drug-likeness (QED) is 0.213. The van der Waals surface area contributed by atoms with Crippen LogP contribution in [0.3, 0.4) is 0 Å². The second-order valence-corrected chi connectivity index (χ2v) is 12.7. The number of hydrogen-bond acceptors (Lipinski definition) is 7. The fourth-order valence-electron chi connectivity index (χ4n) is 4.35. The van der Waals surface area contributed by atoms with Crippen molar-refractivity contribution in [3.63, 3.8) is 0 Å². The number of amides is 2. The fraction of sp³-hybridized carbons (Fsp3) is 0.310. The molecule has 42 heavy (non-hydrogen) atoms. The van der Waals surface area contributed by atoms with Crippen molar-refractivity contribution in [3.8, 4) is 5.75 Å². The highest BCUT2D eigenvalue weighted by Gasteiger charge is 2.34. The zero-order chi connectivity index (χ0) is 31.0. The highest BCUT2D eigenvalue weighted by Crippen LogP contribution is 2.34. The summed E-state index contributed by atoms with van der Waals surface area (Å²) < 4.78 is 32.9. The molecule has 0 fully saturated rings. The van der Waals surface area contributed by atoms with Gasteiger partial charge in [0.2, 0.25) is 21.8 Å². The van der Waals surface area contributed by atoms with E-state index in [1.54, 1.807) is 32.0 Å². The van der Waals surface area contributed by atoms with E-state index in [1.165, 1.54) is 24.1 Å². The summed E-state index contributed by atoms with van der Waals surface area (Å²) in [4.78, 5) is 39.9. The van der Waals surface area contributed by atoms with E-state index in [4.69, 9.17) is 4.74 Å². The molecule has 0 radical (unpaired) electrons. The second kappa shape index (κ2) is 14.3. The number of sulfonamides is 1. The molecule has 0 aliphatic heterocycles. The Bertz CT molecular complexity index is 1530. The van der Waals surface area contributed by atoms with E-state index in [1.807, 2.05) is 36.4 Å². The third-order valence-corrected chi connectivity index (χ3v) is 7.88. The average Bonchev–Trinajstić information content (AvgIpc) is 2.92. The van der Waals surface area contributed by atoms with E-state index in [0.29, 0.717) is 5.56 Å². The van der Waals surface area contributed by atoms with Gasteiger partial charge in [-0.25, -0.2) is 8.42 Å². The van der Waals surface area contributed by atoms with E-state index in [-0.39, 0.29) is 36.1 Å². The van der Waals surface area contributed by atoms with Gasteiger partial charge in [-0.2, -0.15) is 0 Å². The first-order valence-electron chi connectivity index (χ1n) is 13.0. The van der Waals surface area contributed by atoms with Crippen molar-refractivity contribution in [2.45, 2.75) is 38.9 Å². The number of nitrogens with zero attached hydrogens (tertiary/aromatic N) is 3. The average molecular weight is 662 g/mol. The molecule has 3 aromatic rings.